The van der Waals surface area contributed by atoms with Gasteiger partial charge in [-0.25, -0.2) is 0 Å². The van der Waals surface area contributed by atoms with E-state index in [1.54, 1.807) is 0 Å². The summed E-state index contributed by atoms with van der Waals surface area (Å²) in [4.78, 5) is 0. The third-order valence-corrected chi connectivity index (χ3v) is 4.69. The largest absolute Gasteiger partial charge is 0.0625 e. The van der Waals surface area contributed by atoms with Gasteiger partial charge in [0, 0.05) is 17.1 Å². The molecule has 2 aliphatic rings. The molecule has 0 nitrogen and oxygen atoms in total. The molecule has 2 aliphatic carbocycles. The minimum absolute atomic E-state index is 0. The first-order valence-corrected chi connectivity index (χ1v) is 7.61. The van der Waals surface area contributed by atoms with Crippen molar-refractivity contribution in [1.29, 1.82) is 0 Å². The molecule has 0 aromatic rings. The molecule has 0 radical (unpaired) electrons. The second kappa shape index (κ2) is 9.45. The summed E-state index contributed by atoms with van der Waals surface area (Å²) in [5.74, 6) is 4.01. The van der Waals surface area contributed by atoms with Gasteiger partial charge >= 0.3 is 0 Å². The predicted molar refractivity (Wildman–Crippen MR) is 73.6 cm³/mol. The molecule has 0 aromatic heterocycles. The van der Waals surface area contributed by atoms with Crippen LogP contribution < -0.4 is 0 Å². The van der Waals surface area contributed by atoms with Crippen molar-refractivity contribution in [2.45, 2.75) is 79.1 Å². The Balaban J connectivity index is 0.000000284. The van der Waals surface area contributed by atoms with Gasteiger partial charge in [-0.15, -0.1) is 0 Å². The Morgan fingerprint density at radius 3 is 0.941 bits per heavy atom. The Morgan fingerprint density at radius 2 is 0.824 bits per heavy atom. The van der Waals surface area contributed by atoms with Crippen molar-refractivity contribution < 1.29 is 17.1 Å². The van der Waals surface area contributed by atoms with Crippen LogP contribution in [0.15, 0.2) is 0 Å². The van der Waals surface area contributed by atoms with E-state index in [2.05, 4.69) is 27.7 Å². The maximum Gasteiger partial charge on any atom is 0 e. The normalized spacial score (nSPS) is 21.5. The van der Waals surface area contributed by atoms with Gasteiger partial charge in [-0.1, -0.05) is 79.1 Å². The first-order valence-electron chi connectivity index (χ1n) is 7.61. The first kappa shape index (κ1) is 17.5. The summed E-state index contributed by atoms with van der Waals surface area (Å²) in [6.07, 6.45) is 11.9. The summed E-state index contributed by atoms with van der Waals surface area (Å²) in [6.45, 7) is 9.37. The zero-order valence-electron chi connectivity index (χ0n) is 12.3. The third kappa shape index (κ3) is 6.87. The molecule has 104 valence electrons. The molecule has 2 saturated carbocycles. The van der Waals surface area contributed by atoms with Crippen LogP contribution in [0.5, 0.6) is 0 Å². The van der Waals surface area contributed by atoms with E-state index in [4.69, 9.17) is 0 Å². The Labute approximate surface area is 120 Å². The van der Waals surface area contributed by atoms with Crippen molar-refractivity contribution in [3.63, 3.8) is 0 Å². The molecule has 1 heteroatoms. The van der Waals surface area contributed by atoms with Crippen molar-refractivity contribution in [2.75, 3.05) is 0 Å². The van der Waals surface area contributed by atoms with Gasteiger partial charge in [-0.2, -0.15) is 0 Å². The molecule has 0 N–H and O–H groups in total. The molecule has 2 fully saturated rings. The minimum Gasteiger partial charge on any atom is -0.0625 e. The van der Waals surface area contributed by atoms with E-state index in [-0.39, 0.29) is 17.1 Å². The summed E-state index contributed by atoms with van der Waals surface area (Å²) in [6, 6.07) is 0. The summed E-state index contributed by atoms with van der Waals surface area (Å²) < 4.78 is 0. The van der Waals surface area contributed by atoms with Crippen molar-refractivity contribution in [1.82, 2.24) is 0 Å². The van der Waals surface area contributed by atoms with Gasteiger partial charge in [0.1, 0.15) is 0 Å². The van der Waals surface area contributed by atoms with Crippen molar-refractivity contribution in [3.05, 3.63) is 0 Å². The molecule has 0 bridgehead atoms. The van der Waals surface area contributed by atoms with Crippen LogP contribution in [0, 0.1) is 23.7 Å². The second-order valence-electron chi connectivity index (χ2n) is 6.58. The molecule has 0 aliphatic heterocycles. The van der Waals surface area contributed by atoms with Gasteiger partial charge in [0.25, 0.3) is 0 Å². The Hall–Kier alpha value is 0.519. The van der Waals surface area contributed by atoms with Gasteiger partial charge < -0.3 is 0 Å². The van der Waals surface area contributed by atoms with Crippen LogP contribution in [0.25, 0.3) is 0 Å². The number of hydrogen-bond acceptors (Lipinski definition) is 0. The zero-order valence-corrected chi connectivity index (χ0v) is 13.4. The molecule has 0 atom stereocenters. The van der Waals surface area contributed by atoms with Gasteiger partial charge in [0.15, 0.2) is 0 Å². The molecule has 0 unspecified atom stereocenters. The minimum atomic E-state index is 0. The quantitative estimate of drug-likeness (QED) is 0.572. The smallest absolute Gasteiger partial charge is 0 e. The summed E-state index contributed by atoms with van der Waals surface area (Å²) in [5.41, 5.74) is 0. The summed E-state index contributed by atoms with van der Waals surface area (Å²) in [5, 5.41) is 0. The molecule has 17 heavy (non-hydrogen) atoms. The molecule has 0 spiro atoms. The van der Waals surface area contributed by atoms with Crippen LogP contribution in [-0.4, -0.2) is 0 Å². The SMILES string of the molecule is CC(C)C1CCCC1.CC(C)C1CCCC1.[Fe]. The predicted octanol–water partition coefficient (Wildman–Crippen LogP) is 5.66. The van der Waals surface area contributed by atoms with Gasteiger partial charge in [0.05, 0.1) is 0 Å². The fourth-order valence-electron chi connectivity index (χ4n) is 3.25. The topological polar surface area (TPSA) is 0 Å². The summed E-state index contributed by atoms with van der Waals surface area (Å²) >= 11 is 0. The molecular formula is C16H32Fe. The van der Waals surface area contributed by atoms with Crippen LogP contribution in [0.3, 0.4) is 0 Å². The van der Waals surface area contributed by atoms with Gasteiger partial charge in [0.2, 0.25) is 0 Å². The van der Waals surface area contributed by atoms with E-state index < -0.39 is 0 Å². The van der Waals surface area contributed by atoms with E-state index in [1.165, 1.54) is 51.4 Å². The Morgan fingerprint density at radius 1 is 0.588 bits per heavy atom. The molecule has 0 saturated heterocycles. The third-order valence-electron chi connectivity index (χ3n) is 4.69. The first-order chi connectivity index (χ1) is 7.61. The average Bonchev–Trinajstić information content (AvgIpc) is 2.93. The van der Waals surface area contributed by atoms with E-state index in [0.717, 1.165) is 23.7 Å². The van der Waals surface area contributed by atoms with Crippen molar-refractivity contribution in [3.8, 4) is 0 Å². The van der Waals surface area contributed by atoms with E-state index in [9.17, 15) is 0 Å². The van der Waals surface area contributed by atoms with Crippen LogP contribution in [-0.2, 0) is 17.1 Å². The number of hydrogen-bond donors (Lipinski definition) is 0. The van der Waals surface area contributed by atoms with E-state index in [0.29, 0.717) is 0 Å². The molecule has 0 amide bonds. The van der Waals surface area contributed by atoms with E-state index >= 15 is 0 Å². The fourth-order valence-corrected chi connectivity index (χ4v) is 3.25. The van der Waals surface area contributed by atoms with Crippen molar-refractivity contribution in [2.24, 2.45) is 23.7 Å². The van der Waals surface area contributed by atoms with Crippen LogP contribution >= 0.6 is 0 Å². The maximum atomic E-state index is 2.34. The molecule has 0 heterocycles. The van der Waals surface area contributed by atoms with Gasteiger partial charge in [-0.05, 0) is 23.7 Å². The Kier molecular flexibility index (Phi) is 9.74. The van der Waals surface area contributed by atoms with E-state index in [1.807, 2.05) is 0 Å². The fraction of sp³-hybridized carbons (Fsp3) is 1.00. The standard InChI is InChI=1S/2C8H16.Fe/c2*1-7(2)8-5-3-4-6-8;/h2*7-8H,3-6H2,1-2H3;. The molecular weight excluding hydrogens is 248 g/mol. The average molecular weight is 280 g/mol. The molecule has 2 rings (SSSR count). The zero-order chi connectivity index (χ0) is 12.0. The second-order valence-corrected chi connectivity index (χ2v) is 6.58. The van der Waals surface area contributed by atoms with Crippen LogP contribution in [0.4, 0.5) is 0 Å². The monoisotopic (exact) mass is 280 g/mol. The van der Waals surface area contributed by atoms with Gasteiger partial charge in [-0.3, -0.25) is 0 Å². The number of rotatable bonds is 2. The Bertz CT molecular complexity index is 142. The summed E-state index contributed by atoms with van der Waals surface area (Å²) in [7, 11) is 0. The van der Waals surface area contributed by atoms with Crippen molar-refractivity contribution >= 4 is 0 Å². The molecule has 0 aromatic carbocycles. The van der Waals surface area contributed by atoms with Crippen LogP contribution in [0.2, 0.25) is 0 Å². The van der Waals surface area contributed by atoms with Crippen LogP contribution in [0.1, 0.15) is 79.1 Å². The maximum absolute atomic E-state index is 2.34.